The molecule has 1 fully saturated rings. The number of anilines is 1. The van der Waals surface area contributed by atoms with Crippen LogP contribution in [-0.2, 0) is 10.9 Å². The number of likely N-dealkylation sites (tertiary alicyclic amines) is 1. The standard InChI is InChI=1S/C28H32F3N5O4/c1-16(20-12-21(28(29,30)31)15-22(13-20)36(38)39)32-25-23-14-19(6-7-24(23)33-17(2)34-25)18-8-10-35(11-9-18)26(37)40-27(3,4)5/h6-7,12-16,18H,8-11H2,1-5H3,(H,32,33,34)/t16-/m1/s1. The Morgan fingerprint density at radius 1 is 1.12 bits per heavy atom. The number of nitro benzene ring substituents is 1. The van der Waals surface area contributed by atoms with Gasteiger partial charge in [-0.05, 0) is 82.7 Å². The third kappa shape index (κ3) is 6.78. The second-order valence-electron chi connectivity index (χ2n) is 11.1. The number of carbonyl (C=O) groups is 1. The predicted octanol–water partition coefficient (Wildman–Crippen LogP) is 7.15. The Labute approximate surface area is 229 Å². The number of fused-ring (bicyclic) bond motifs is 1. The summed E-state index contributed by atoms with van der Waals surface area (Å²) in [5.41, 5.74) is -0.488. The summed E-state index contributed by atoms with van der Waals surface area (Å²) in [4.78, 5) is 33.6. The molecule has 12 heteroatoms. The summed E-state index contributed by atoms with van der Waals surface area (Å²) in [6.45, 7) is 9.94. The van der Waals surface area contributed by atoms with Crippen LogP contribution < -0.4 is 5.32 Å². The van der Waals surface area contributed by atoms with Crippen molar-refractivity contribution in [3.05, 3.63) is 69.0 Å². The van der Waals surface area contributed by atoms with Crippen molar-refractivity contribution in [1.29, 1.82) is 0 Å². The maximum absolute atomic E-state index is 13.4. The van der Waals surface area contributed by atoms with Crippen LogP contribution in [0, 0.1) is 17.0 Å². The third-order valence-electron chi connectivity index (χ3n) is 6.78. The van der Waals surface area contributed by atoms with Crippen LogP contribution in [0.3, 0.4) is 0 Å². The summed E-state index contributed by atoms with van der Waals surface area (Å²) in [6.07, 6.45) is -3.58. The minimum atomic E-state index is -4.73. The van der Waals surface area contributed by atoms with Gasteiger partial charge in [-0.2, -0.15) is 13.2 Å². The number of alkyl halides is 3. The van der Waals surface area contributed by atoms with E-state index >= 15 is 0 Å². The first-order chi connectivity index (χ1) is 18.6. The lowest BCUT2D eigenvalue weighted by Gasteiger charge is -2.33. The molecule has 1 N–H and O–H groups in total. The molecule has 3 aromatic rings. The van der Waals surface area contributed by atoms with Gasteiger partial charge in [-0.3, -0.25) is 10.1 Å². The predicted molar refractivity (Wildman–Crippen MR) is 144 cm³/mol. The number of halogens is 3. The van der Waals surface area contributed by atoms with Gasteiger partial charge < -0.3 is 15.0 Å². The maximum Gasteiger partial charge on any atom is 0.416 e. The number of non-ortho nitro benzene ring substituents is 1. The molecule has 0 aliphatic carbocycles. The highest BCUT2D eigenvalue weighted by atomic mass is 19.4. The Morgan fingerprint density at radius 2 is 1.80 bits per heavy atom. The normalized spacial score (nSPS) is 15.7. The first-order valence-electron chi connectivity index (χ1n) is 13.0. The molecule has 0 spiro atoms. The van der Waals surface area contributed by atoms with E-state index in [-0.39, 0.29) is 17.6 Å². The second kappa shape index (κ2) is 10.9. The van der Waals surface area contributed by atoms with Crippen molar-refractivity contribution in [3.63, 3.8) is 0 Å². The Balaban J connectivity index is 1.59. The van der Waals surface area contributed by atoms with Gasteiger partial charge in [-0.15, -0.1) is 0 Å². The van der Waals surface area contributed by atoms with Gasteiger partial charge in [-0.25, -0.2) is 14.8 Å². The van der Waals surface area contributed by atoms with Crippen molar-refractivity contribution < 1.29 is 27.6 Å². The van der Waals surface area contributed by atoms with Crippen molar-refractivity contribution in [3.8, 4) is 0 Å². The highest BCUT2D eigenvalue weighted by Gasteiger charge is 2.33. The smallest absolute Gasteiger partial charge is 0.416 e. The largest absolute Gasteiger partial charge is 0.444 e. The molecule has 2 heterocycles. The van der Waals surface area contributed by atoms with Gasteiger partial charge in [0.1, 0.15) is 17.2 Å². The topological polar surface area (TPSA) is 110 Å². The van der Waals surface area contributed by atoms with Crippen LogP contribution in [0.4, 0.5) is 29.5 Å². The lowest BCUT2D eigenvalue weighted by Crippen LogP contribution is -2.41. The van der Waals surface area contributed by atoms with Gasteiger partial charge in [-0.1, -0.05) is 6.07 Å². The van der Waals surface area contributed by atoms with Crippen molar-refractivity contribution in [2.45, 2.75) is 71.2 Å². The maximum atomic E-state index is 13.4. The summed E-state index contributed by atoms with van der Waals surface area (Å²) < 4.78 is 45.8. The summed E-state index contributed by atoms with van der Waals surface area (Å²) in [7, 11) is 0. The SMILES string of the molecule is Cc1nc(N[C@H](C)c2cc([N+](=O)[O-])cc(C(F)(F)F)c2)c2cc(C3CCN(C(=O)OC(C)(C)C)CC3)ccc2n1. The zero-order valence-electron chi connectivity index (χ0n) is 23.0. The van der Waals surface area contributed by atoms with E-state index in [9.17, 15) is 28.1 Å². The number of nitrogens with one attached hydrogen (secondary N) is 1. The Bertz CT molecular complexity index is 1430. The highest BCUT2D eigenvalue weighted by molar-refractivity contribution is 5.90. The monoisotopic (exact) mass is 559 g/mol. The van der Waals surface area contributed by atoms with Crippen LogP contribution in [0.15, 0.2) is 36.4 Å². The molecule has 9 nitrogen and oxygen atoms in total. The molecule has 1 aliphatic rings. The molecule has 4 rings (SSSR count). The lowest BCUT2D eigenvalue weighted by molar-refractivity contribution is -0.385. The van der Waals surface area contributed by atoms with Gasteiger partial charge in [0.15, 0.2) is 0 Å². The number of hydrogen-bond donors (Lipinski definition) is 1. The zero-order chi connectivity index (χ0) is 29.4. The second-order valence-corrected chi connectivity index (χ2v) is 11.1. The average Bonchev–Trinajstić information content (AvgIpc) is 2.86. The third-order valence-corrected chi connectivity index (χ3v) is 6.78. The Hall–Kier alpha value is -3.96. The van der Waals surface area contributed by atoms with E-state index in [1.54, 1.807) is 18.7 Å². The number of hydrogen-bond acceptors (Lipinski definition) is 7. The molecule has 2 aromatic carbocycles. The average molecular weight is 560 g/mol. The lowest BCUT2D eigenvalue weighted by atomic mass is 9.89. The Kier molecular flexibility index (Phi) is 7.91. The number of rotatable bonds is 5. The minimum absolute atomic E-state index is 0.108. The van der Waals surface area contributed by atoms with Crippen LogP contribution in [0.25, 0.3) is 10.9 Å². The van der Waals surface area contributed by atoms with Gasteiger partial charge in [0, 0.05) is 30.6 Å². The molecule has 1 atom stereocenters. The van der Waals surface area contributed by atoms with Crippen LogP contribution in [-0.4, -0.2) is 44.6 Å². The number of aryl methyl sites for hydroxylation is 1. The van der Waals surface area contributed by atoms with Gasteiger partial charge >= 0.3 is 12.3 Å². The number of benzene rings is 2. The van der Waals surface area contributed by atoms with E-state index in [0.717, 1.165) is 30.5 Å². The fourth-order valence-electron chi connectivity index (χ4n) is 4.79. The molecule has 1 aliphatic heterocycles. The molecule has 1 saturated heterocycles. The molecule has 0 radical (unpaired) electrons. The van der Waals surface area contributed by atoms with E-state index < -0.39 is 34.0 Å². The highest BCUT2D eigenvalue weighted by Crippen LogP contribution is 2.36. The number of carbonyl (C=O) groups excluding carboxylic acids is 1. The quantitative estimate of drug-likeness (QED) is 0.261. The first kappa shape index (κ1) is 29.0. The van der Waals surface area contributed by atoms with Crippen molar-refractivity contribution in [2.75, 3.05) is 18.4 Å². The number of aromatic nitrogens is 2. The summed E-state index contributed by atoms with van der Waals surface area (Å²) in [5, 5.41) is 15.1. The summed E-state index contributed by atoms with van der Waals surface area (Å²) in [5.74, 6) is 1.07. The first-order valence-corrected chi connectivity index (χ1v) is 13.0. The van der Waals surface area contributed by atoms with Crippen LogP contribution in [0.2, 0.25) is 0 Å². The minimum Gasteiger partial charge on any atom is -0.444 e. The molecule has 0 bridgehead atoms. The number of nitro groups is 1. The van der Waals surface area contributed by atoms with Gasteiger partial charge in [0.25, 0.3) is 5.69 Å². The molecule has 214 valence electrons. The molecular formula is C28H32F3N5O4. The van der Waals surface area contributed by atoms with Crippen molar-refractivity contribution >= 4 is 28.5 Å². The van der Waals surface area contributed by atoms with E-state index in [0.29, 0.717) is 41.7 Å². The number of nitrogens with zero attached hydrogens (tertiary/aromatic N) is 4. The van der Waals surface area contributed by atoms with Crippen molar-refractivity contribution in [2.24, 2.45) is 0 Å². The van der Waals surface area contributed by atoms with Crippen LogP contribution in [0.1, 0.15) is 75.0 Å². The molecule has 0 unspecified atom stereocenters. The van der Waals surface area contributed by atoms with Gasteiger partial charge in [0.2, 0.25) is 0 Å². The van der Waals surface area contributed by atoms with Gasteiger partial charge in [0.05, 0.1) is 22.0 Å². The summed E-state index contributed by atoms with van der Waals surface area (Å²) in [6, 6.07) is 7.68. The molecule has 1 amide bonds. The fourth-order valence-corrected chi connectivity index (χ4v) is 4.79. The van der Waals surface area contributed by atoms with Crippen LogP contribution in [0.5, 0.6) is 0 Å². The van der Waals surface area contributed by atoms with E-state index in [4.69, 9.17) is 4.74 Å². The van der Waals surface area contributed by atoms with E-state index in [2.05, 4.69) is 15.3 Å². The number of ether oxygens (including phenoxy) is 1. The zero-order valence-corrected chi connectivity index (χ0v) is 23.0. The van der Waals surface area contributed by atoms with Crippen LogP contribution >= 0.6 is 0 Å². The molecular weight excluding hydrogens is 527 g/mol. The fraction of sp³-hybridized carbons (Fsp3) is 0.464. The number of piperidine rings is 1. The molecule has 40 heavy (non-hydrogen) atoms. The summed E-state index contributed by atoms with van der Waals surface area (Å²) >= 11 is 0. The molecule has 1 aromatic heterocycles. The van der Waals surface area contributed by atoms with E-state index in [1.807, 2.05) is 39.0 Å². The number of amides is 1. The molecule has 0 saturated carbocycles. The van der Waals surface area contributed by atoms with E-state index in [1.165, 1.54) is 0 Å². The van der Waals surface area contributed by atoms with Crippen molar-refractivity contribution in [1.82, 2.24) is 14.9 Å². The Morgan fingerprint density at radius 3 is 2.40 bits per heavy atom.